The van der Waals surface area contributed by atoms with E-state index < -0.39 is 30.3 Å². The summed E-state index contributed by atoms with van der Waals surface area (Å²) in [5, 5.41) is 2.57. The van der Waals surface area contributed by atoms with Crippen molar-refractivity contribution >= 4 is 33.7 Å². The van der Waals surface area contributed by atoms with Crippen molar-refractivity contribution in [3.05, 3.63) is 63.3 Å². The molecule has 0 aliphatic rings. The predicted molar refractivity (Wildman–Crippen MR) is 104 cm³/mol. The minimum absolute atomic E-state index is 0.272. The summed E-state index contributed by atoms with van der Waals surface area (Å²) in [6, 6.07) is 8.50. The Balaban J connectivity index is 1.79. The van der Waals surface area contributed by atoms with Crippen LogP contribution in [-0.2, 0) is 6.54 Å². The molecule has 4 rings (SSSR count). The van der Waals surface area contributed by atoms with Gasteiger partial charge in [0.2, 0.25) is 0 Å². The third-order valence-corrected chi connectivity index (χ3v) is 5.01. The highest BCUT2D eigenvalue weighted by Gasteiger charge is 2.20. The van der Waals surface area contributed by atoms with E-state index in [-0.39, 0.29) is 6.54 Å². The molecule has 0 bridgehead atoms. The summed E-state index contributed by atoms with van der Waals surface area (Å²) in [5.41, 5.74) is 2.43. The molecule has 2 aromatic carbocycles. The highest BCUT2D eigenvalue weighted by atomic mass is 32.1. The van der Waals surface area contributed by atoms with E-state index in [0.29, 0.717) is 22.3 Å². The monoisotopic (exact) mass is 455 g/mol. The van der Waals surface area contributed by atoms with Crippen molar-refractivity contribution in [2.75, 3.05) is 4.90 Å². The van der Waals surface area contributed by atoms with Gasteiger partial charge in [-0.25, -0.2) is 0 Å². The number of aromatic nitrogens is 2. The summed E-state index contributed by atoms with van der Waals surface area (Å²) < 4.78 is 64.8. The van der Waals surface area contributed by atoms with E-state index in [9.17, 15) is 22.4 Å². The third-order valence-electron chi connectivity index (χ3n) is 4.24. The van der Waals surface area contributed by atoms with Crippen LogP contribution in [0.1, 0.15) is 4.88 Å². The lowest BCUT2D eigenvalue weighted by molar-refractivity contribution is -0.0692. The Morgan fingerprint density at radius 3 is 2.45 bits per heavy atom. The zero-order valence-corrected chi connectivity index (χ0v) is 16.2. The third kappa shape index (κ3) is 4.63. The average molecular weight is 455 g/mol. The number of H-pyrrole nitrogens is 1. The molecule has 4 aromatic rings. The number of hydrogen-bond acceptors (Lipinski definition) is 7. The Morgan fingerprint density at radius 1 is 1.03 bits per heavy atom. The fourth-order valence-corrected chi connectivity index (χ4v) is 3.54. The first-order chi connectivity index (χ1) is 14.9. The highest BCUT2D eigenvalue weighted by Crippen LogP contribution is 2.38. The molecule has 7 nitrogen and oxygen atoms in total. The summed E-state index contributed by atoms with van der Waals surface area (Å²) in [5.74, 6) is -1.07. The number of fused-ring (bicyclic) bond motifs is 1. The van der Waals surface area contributed by atoms with Gasteiger partial charge in [-0.15, -0.1) is 11.3 Å². The van der Waals surface area contributed by atoms with Gasteiger partial charge < -0.3 is 18.9 Å². The van der Waals surface area contributed by atoms with E-state index in [4.69, 9.17) is 4.52 Å². The van der Waals surface area contributed by atoms with Gasteiger partial charge in [0.1, 0.15) is 0 Å². The van der Waals surface area contributed by atoms with Gasteiger partial charge in [-0.1, -0.05) is 0 Å². The van der Waals surface area contributed by atoms with Crippen LogP contribution >= 0.6 is 11.3 Å². The normalized spacial score (nSPS) is 11.4. The lowest BCUT2D eigenvalue weighted by Gasteiger charge is -2.25. The van der Waals surface area contributed by atoms with Crippen LogP contribution in [0.3, 0.4) is 0 Å². The smallest absolute Gasteiger partial charge is 0.387 e. The van der Waals surface area contributed by atoms with Gasteiger partial charge in [0.15, 0.2) is 17.1 Å². The van der Waals surface area contributed by atoms with Gasteiger partial charge in [0, 0.05) is 34.6 Å². The second-order valence-corrected chi connectivity index (χ2v) is 7.13. The number of halogens is 4. The number of thiazole rings is 1. The molecule has 0 saturated heterocycles. The van der Waals surface area contributed by atoms with Gasteiger partial charge in [-0.3, -0.25) is 9.78 Å². The molecule has 0 atom stereocenters. The van der Waals surface area contributed by atoms with Gasteiger partial charge >= 0.3 is 13.2 Å². The Bertz CT molecular complexity index is 1230. The number of ether oxygens (including phenoxy) is 2. The summed E-state index contributed by atoms with van der Waals surface area (Å²) in [7, 11) is 0. The van der Waals surface area contributed by atoms with Crippen molar-refractivity contribution in [1.82, 2.24) is 10.1 Å². The van der Waals surface area contributed by atoms with Gasteiger partial charge in [0.05, 0.1) is 17.4 Å². The fraction of sp³-hybridized carbons (Fsp3) is 0.158. The number of aromatic amines is 1. The van der Waals surface area contributed by atoms with E-state index in [1.54, 1.807) is 34.8 Å². The zero-order valence-electron chi connectivity index (χ0n) is 15.4. The zero-order chi connectivity index (χ0) is 22.0. The van der Waals surface area contributed by atoms with Crippen LogP contribution in [0, 0.1) is 0 Å². The largest absolute Gasteiger partial charge is 0.431 e. The molecule has 0 saturated carbocycles. The number of alkyl halides is 4. The SMILES string of the molecule is O=c1[nH]oc2cc(N(Cc3cncs3)c3ccc(OC(F)F)c(OC(F)F)c3)ccc12. The van der Waals surface area contributed by atoms with Crippen molar-refractivity contribution in [1.29, 1.82) is 0 Å². The molecule has 1 N–H and O–H groups in total. The Morgan fingerprint density at radius 2 is 1.74 bits per heavy atom. The molecule has 2 heterocycles. The molecular formula is C19H13F4N3O4S. The molecule has 0 spiro atoms. The fourth-order valence-electron chi connectivity index (χ4n) is 2.96. The van der Waals surface area contributed by atoms with Crippen molar-refractivity contribution in [3.63, 3.8) is 0 Å². The molecule has 12 heteroatoms. The molecule has 0 amide bonds. The Kier molecular flexibility index (Phi) is 5.80. The first-order valence-electron chi connectivity index (χ1n) is 8.70. The molecular weight excluding hydrogens is 442 g/mol. The van der Waals surface area contributed by atoms with Crippen LogP contribution in [0.25, 0.3) is 11.0 Å². The lowest BCUT2D eigenvalue weighted by atomic mass is 10.2. The highest BCUT2D eigenvalue weighted by molar-refractivity contribution is 7.09. The van der Waals surface area contributed by atoms with E-state index >= 15 is 0 Å². The van der Waals surface area contributed by atoms with E-state index in [1.807, 2.05) is 0 Å². The maximum absolute atomic E-state index is 12.8. The van der Waals surface area contributed by atoms with Gasteiger partial charge in [0.25, 0.3) is 5.56 Å². The topological polar surface area (TPSA) is 80.6 Å². The number of rotatable bonds is 8. The van der Waals surface area contributed by atoms with Crippen molar-refractivity contribution in [3.8, 4) is 11.5 Å². The van der Waals surface area contributed by atoms with Crippen LogP contribution in [0.15, 0.2) is 57.4 Å². The number of nitrogens with one attached hydrogen (secondary N) is 1. The summed E-state index contributed by atoms with van der Waals surface area (Å²) in [6.45, 7) is -6.18. The van der Waals surface area contributed by atoms with Crippen LogP contribution in [0.5, 0.6) is 11.5 Å². The molecule has 0 unspecified atom stereocenters. The quantitative estimate of drug-likeness (QED) is 0.372. The molecule has 0 radical (unpaired) electrons. The van der Waals surface area contributed by atoms with Crippen molar-refractivity contribution in [2.45, 2.75) is 19.8 Å². The number of hydrogen-bond donors (Lipinski definition) is 1. The summed E-state index contributed by atoms with van der Waals surface area (Å²) in [6.07, 6.45) is 1.64. The summed E-state index contributed by atoms with van der Waals surface area (Å²) in [4.78, 5) is 18.3. The first kappa shape index (κ1) is 20.7. The number of benzene rings is 2. The second-order valence-electron chi connectivity index (χ2n) is 6.16. The van der Waals surface area contributed by atoms with Gasteiger partial charge in [-0.05, 0) is 24.3 Å². The first-order valence-corrected chi connectivity index (χ1v) is 9.58. The maximum atomic E-state index is 12.8. The number of anilines is 2. The average Bonchev–Trinajstić information content (AvgIpc) is 3.36. The molecule has 0 aliphatic heterocycles. The molecule has 0 aliphatic carbocycles. The second kappa shape index (κ2) is 8.68. The Hall–Kier alpha value is -3.54. The minimum Gasteiger partial charge on any atom is -0.431 e. The maximum Gasteiger partial charge on any atom is 0.387 e. The molecule has 31 heavy (non-hydrogen) atoms. The van der Waals surface area contributed by atoms with Crippen molar-refractivity contribution < 1.29 is 31.6 Å². The summed E-state index contributed by atoms with van der Waals surface area (Å²) >= 11 is 1.37. The van der Waals surface area contributed by atoms with Gasteiger partial charge in [-0.2, -0.15) is 22.7 Å². The van der Waals surface area contributed by atoms with Crippen LogP contribution in [0.2, 0.25) is 0 Å². The van der Waals surface area contributed by atoms with Crippen LogP contribution in [-0.4, -0.2) is 23.4 Å². The predicted octanol–water partition coefficient (Wildman–Crippen LogP) is 5.12. The Labute approximate surface area is 175 Å². The minimum atomic E-state index is -3.24. The van der Waals surface area contributed by atoms with Crippen LogP contribution < -0.4 is 19.9 Å². The molecule has 2 aromatic heterocycles. The van der Waals surface area contributed by atoms with Crippen LogP contribution in [0.4, 0.5) is 28.9 Å². The number of nitrogens with zero attached hydrogens (tertiary/aromatic N) is 2. The van der Waals surface area contributed by atoms with Crippen molar-refractivity contribution in [2.24, 2.45) is 0 Å². The molecule has 162 valence electrons. The van der Waals surface area contributed by atoms with E-state index in [2.05, 4.69) is 19.6 Å². The van der Waals surface area contributed by atoms with E-state index in [1.165, 1.54) is 23.5 Å². The standard InChI is InChI=1S/C19H13F4N3O4S/c20-18(21)28-14-4-2-11(6-16(14)29-19(22)23)26(8-12-7-24-9-31-12)10-1-3-13-15(5-10)30-25-17(13)27/h1-7,9,18-19H,8H2,(H,25,27). The van der Waals surface area contributed by atoms with E-state index in [0.717, 1.165) is 10.9 Å². The molecule has 0 fully saturated rings. The lowest BCUT2D eigenvalue weighted by Crippen LogP contribution is -2.16.